The van der Waals surface area contributed by atoms with Gasteiger partial charge in [-0.3, -0.25) is 4.79 Å². The number of Topliss-reactive ketones (excluding diaryl/α,β-unsaturated/α-hetero) is 1. The van der Waals surface area contributed by atoms with Crippen LogP contribution in [0.1, 0.15) is 23.7 Å². The summed E-state index contributed by atoms with van der Waals surface area (Å²) in [6.45, 7) is 1.86. The summed E-state index contributed by atoms with van der Waals surface area (Å²) in [6.07, 6.45) is 2.19. The van der Waals surface area contributed by atoms with Gasteiger partial charge in [-0.25, -0.2) is 4.98 Å². The Morgan fingerprint density at radius 3 is 2.89 bits per heavy atom. The lowest BCUT2D eigenvalue weighted by Crippen LogP contribution is -2.00. The predicted molar refractivity (Wildman–Crippen MR) is 76.0 cm³/mol. The van der Waals surface area contributed by atoms with E-state index in [4.69, 9.17) is 4.74 Å². The molecule has 1 aromatic heterocycles. The van der Waals surface area contributed by atoms with Crippen molar-refractivity contribution in [1.82, 2.24) is 4.98 Å². The highest BCUT2D eigenvalue weighted by Gasteiger charge is 2.11. The first-order valence-corrected chi connectivity index (χ1v) is 6.86. The van der Waals surface area contributed by atoms with E-state index in [9.17, 15) is 4.79 Å². The molecular weight excluding hydrogens is 258 g/mol. The van der Waals surface area contributed by atoms with Crippen molar-refractivity contribution >= 4 is 17.5 Å². The van der Waals surface area contributed by atoms with Crippen LogP contribution in [-0.4, -0.2) is 17.9 Å². The largest absolute Gasteiger partial charge is 0.497 e. The lowest BCUT2D eigenvalue weighted by atomic mass is 10.1. The molecule has 1 heterocycles. The molecule has 0 unspecified atom stereocenters. The zero-order chi connectivity index (χ0) is 13.7. The Morgan fingerprint density at radius 1 is 1.32 bits per heavy atom. The van der Waals surface area contributed by atoms with E-state index in [2.05, 4.69) is 4.98 Å². The number of nitrogens with zero attached hydrogens (tertiary/aromatic N) is 1. The third-order valence-corrected chi connectivity index (χ3v) is 3.66. The van der Waals surface area contributed by atoms with Gasteiger partial charge in [0, 0.05) is 17.5 Å². The van der Waals surface area contributed by atoms with Crippen LogP contribution in [0, 0.1) is 0 Å². The van der Waals surface area contributed by atoms with Crippen LogP contribution in [0.2, 0.25) is 0 Å². The Hall–Kier alpha value is -1.81. The Morgan fingerprint density at radius 2 is 2.16 bits per heavy atom. The maximum Gasteiger partial charge on any atom is 0.165 e. The fraction of sp³-hybridized carbons (Fsp3) is 0.200. The molecule has 98 valence electrons. The highest BCUT2D eigenvalue weighted by atomic mass is 32.2. The number of benzene rings is 1. The van der Waals surface area contributed by atoms with Gasteiger partial charge in [-0.05, 0) is 30.3 Å². The van der Waals surface area contributed by atoms with E-state index in [0.717, 1.165) is 15.7 Å². The zero-order valence-electron chi connectivity index (χ0n) is 10.9. The second kappa shape index (κ2) is 6.38. The van der Waals surface area contributed by atoms with E-state index in [1.165, 1.54) is 11.8 Å². The Balaban J connectivity index is 2.30. The lowest BCUT2D eigenvalue weighted by Gasteiger charge is -2.07. The fourth-order valence-corrected chi connectivity index (χ4v) is 2.60. The van der Waals surface area contributed by atoms with E-state index in [0.29, 0.717) is 12.0 Å². The molecule has 19 heavy (non-hydrogen) atoms. The number of pyridine rings is 1. The molecule has 1 aromatic carbocycles. The molecule has 0 fully saturated rings. The molecule has 0 N–H and O–H groups in total. The average molecular weight is 273 g/mol. The van der Waals surface area contributed by atoms with Gasteiger partial charge in [0.05, 0.1) is 12.7 Å². The molecule has 0 saturated heterocycles. The van der Waals surface area contributed by atoms with Crippen molar-refractivity contribution in [2.75, 3.05) is 7.11 Å². The van der Waals surface area contributed by atoms with Crippen LogP contribution < -0.4 is 4.74 Å². The van der Waals surface area contributed by atoms with Crippen LogP contribution >= 0.6 is 11.8 Å². The topological polar surface area (TPSA) is 39.2 Å². The van der Waals surface area contributed by atoms with Gasteiger partial charge in [0.2, 0.25) is 0 Å². The van der Waals surface area contributed by atoms with Gasteiger partial charge >= 0.3 is 0 Å². The SMILES string of the molecule is CCC(=O)c1cccnc1Sc1cccc(OC)c1. The highest BCUT2D eigenvalue weighted by Crippen LogP contribution is 2.31. The standard InChI is InChI=1S/C15H15NO2S/c1-3-14(17)13-8-5-9-16-15(13)19-12-7-4-6-11(10-12)18-2/h4-10H,3H2,1-2H3. The average Bonchev–Trinajstić information content (AvgIpc) is 2.47. The van der Waals surface area contributed by atoms with Gasteiger partial charge in [-0.15, -0.1) is 0 Å². The summed E-state index contributed by atoms with van der Waals surface area (Å²) in [6, 6.07) is 11.3. The van der Waals surface area contributed by atoms with E-state index in [1.54, 1.807) is 19.4 Å². The predicted octanol–water partition coefficient (Wildman–Crippen LogP) is 3.83. The minimum absolute atomic E-state index is 0.110. The van der Waals surface area contributed by atoms with Gasteiger partial charge in [0.25, 0.3) is 0 Å². The third-order valence-electron chi connectivity index (χ3n) is 2.65. The normalized spacial score (nSPS) is 10.2. The summed E-state index contributed by atoms with van der Waals surface area (Å²) in [5.74, 6) is 0.905. The molecule has 0 aliphatic rings. The first kappa shape index (κ1) is 13.6. The molecule has 0 amide bonds. The number of ketones is 1. The number of carbonyl (C=O) groups is 1. The van der Waals surface area contributed by atoms with Crippen molar-refractivity contribution in [1.29, 1.82) is 0 Å². The molecule has 0 aliphatic heterocycles. The molecule has 0 saturated carbocycles. The van der Waals surface area contributed by atoms with Crippen LogP contribution in [0.15, 0.2) is 52.5 Å². The molecule has 2 aromatic rings. The van der Waals surface area contributed by atoms with Crippen molar-refractivity contribution < 1.29 is 9.53 Å². The number of carbonyl (C=O) groups excluding carboxylic acids is 1. The molecule has 0 atom stereocenters. The van der Waals surface area contributed by atoms with Gasteiger partial charge < -0.3 is 4.74 Å². The smallest absolute Gasteiger partial charge is 0.165 e. The molecular formula is C15H15NO2S. The van der Waals surface area contributed by atoms with Gasteiger partial charge in [-0.2, -0.15) is 0 Å². The van der Waals surface area contributed by atoms with E-state index >= 15 is 0 Å². The Labute approximate surface area is 117 Å². The molecule has 4 heteroatoms. The van der Waals surface area contributed by atoms with Crippen LogP contribution in [-0.2, 0) is 0 Å². The number of rotatable bonds is 5. The summed E-state index contributed by atoms with van der Waals surface area (Å²) in [5.41, 5.74) is 0.679. The van der Waals surface area contributed by atoms with Crippen LogP contribution in [0.4, 0.5) is 0 Å². The lowest BCUT2D eigenvalue weighted by molar-refractivity contribution is 0.0984. The van der Waals surface area contributed by atoms with Crippen molar-refractivity contribution in [3.8, 4) is 5.75 Å². The van der Waals surface area contributed by atoms with Crippen molar-refractivity contribution in [3.63, 3.8) is 0 Å². The molecule has 0 radical (unpaired) electrons. The third kappa shape index (κ3) is 3.35. The number of aromatic nitrogens is 1. The Bertz CT molecular complexity index is 584. The van der Waals surface area contributed by atoms with E-state index in [1.807, 2.05) is 37.3 Å². The minimum atomic E-state index is 0.110. The molecule has 3 nitrogen and oxygen atoms in total. The number of hydrogen-bond acceptors (Lipinski definition) is 4. The minimum Gasteiger partial charge on any atom is -0.497 e. The van der Waals surface area contributed by atoms with Crippen molar-refractivity contribution in [2.24, 2.45) is 0 Å². The van der Waals surface area contributed by atoms with Crippen LogP contribution in [0.5, 0.6) is 5.75 Å². The number of ether oxygens (including phenoxy) is 1. The van der Waals surface area contributed by atoms with E-state index < -0.39 is 0 Å². The monoisotopic (exact) mass is 273 g/mol. The first-order valence-electron chi connectivity index (χ1n) is 6.04. The Kier molecular flexibility index (Phi) is 4.58. The van der Waals surface area contributed by atoms with Crippen molar-refractivity contribution in [3.05, 3.63) is 48.2 Å². The molecule has 0 spiro atoms. The second-order valence-corrected chi connectivity index (χ2v) is 4.98. The van der Waals surface area contributed by atoms with Gasteiger partial charge in [0.15, 0.2) is 5.78 Å². The summed E-state index contributed by atoms with van der Waals surface area (Å²) < 4.78 is 5.19. The summed E-state index contributed by atoms with van der Waals surface area (Å²) in [5, 5.41) is 0.739. The summed E-state index contributed by atoms with van der Waals surface area (Å²) in [7, 11) is 1.64. The number of methoxy groups -OCH3 is 1. The van der Waals surface area contributed by atoms with Crippen LogP contribution in [0.25, 0.3) is 0 Å². The van der Waals surface area contributed by atoms with Gasteiger partial charge in [-0.1, -0.05) is 24.8 Å². The number of hydrogen-bond donors (Lipinski definition) is 0. The van der Waals surface area contributed by atoms with Crippen LogP contribution in [0.3, 0.4) is 0 Å². The maximum atomic E-state index is 11.9. The zero-order valence-corrected chi connectivity index (χ0v) is 11.7. The van der Waals surface area contributed by atoms with Crippen molar-refractivity contribution in [2.45, 2.75) is 23.3 Å². The maximum absolute atomic E-state index is 11.9. The van der Waals surface area contributed by atoms with Gasteiger partial charge in [0.1, 0.15) is 10.8 Å². The summed E-state index contributed by atoms with van der Waals surface area (Å²) >= 11 is 1.48. The fourth-order valence-electron chi connectivity index (χ4n) is 1.65. The molecule has 0 bridgehead atoms. The highest BCUT2D eigenvalue weighted by molar-refractivity contribution is 7.99. The molecule has 2 rings (SSSR count). The van der Waals surface area contributed by atoms with E-state index in [-0.39, 0.29) is 5.78 Å². The second-order valence-electron chi connectivity index (χ2n) is 3.91. The summed E-state index contributed by atoms with van der Waals surface area (Å²) in [4.78, 5) is 17.2. The quantitative estimate of drug-likeness (QED) is 0.776. The first-order chi connectivity index (χ1) is 9.24. The molecule has 0 aliphatic carbocycles.